The van der Waals surface area contributed by atoms with Crippen LogP contribution in [0, 0.1) is 18.5 Å². The van der Waals surface area contributed by atoms with E-state index in [1.54, 1.807) is 0 Å². The van der Waals surface area contributed by atoms with E-state index in [4.69, 9.17) is 9.72 Å². The smallest absolute Gasteiger partial charge is 0.267 e. The molecule has 5 nitrogen and oxygen atoms in total. The van der Waals surface area contributed by atoms with Crippen LogP contribution in [-0.4, -0.2) is 14.1 Å². The summed E-state index contributed by atoms with van der Waals surface area (Å²) in [5.41, 5.74) is 12.1. The first-order valence-electron chi connectivity index (χ1n) is 24.0. The number of para-hydroxylation sites is 1. The number of imidazole rings is 1. The maximum absolute atomic E-state index is 7.09. The minimum atomic E-state index is -0.405. The van der Waals surface area contributed by atoms with Gasteiger partial charge in [0, 0.05) is 61.3 Å². The zero-order valence-corrected chi connectivity index (χ0v) is 44.1. The molecule has 0 saturated carbocycles. The molecule has 7 aromatic carbocycles. The number of rotatable bonds is 10. The van der Waals surface area contributed by atoms with Crippen molar-refractivity contribution in [2.45, 2.75) is 90.9 Å². The van der Waals surface area contributed by atoms with Gasteiger partial charge in [-0.05, 0) is 80.1 Å². The molecule has 0 amide bonds. The van der Waals surface area contributed by atoms with Crippen molar-refractivity contribution in [3.8, 4) is 39.8 Å². The molecule has 6 heteroatoms. The molecular weight excluding hydrogens is 1040 g/mol. The van der Waals surface area contributed by atoms with Crippen LogP contribution in [0.1, 0.15) is 103 Å². The molecule has 0 saturated heterocycles. The van der Waals surface area contributed by atoms with Crippen molar-refractivity contribution in [3.63, 3.8) is 0 Å². The second-order valence-corrected chi connectivity index (χ2v) is 21.5. The summed E-state index contributed by atoms with van der Waals surface area (Å²) in [5.74, 6) is 2.02. The molecule has 70 heavy (non-hydrogen) atoms. The molecule has 0 aliphatic heterocycles. The van der Waals surface area contributed by atoms with E-state index in [9.17, 15) is 0 Å². The van der Waals surface area contributed by atoms with E-state index < -0.39 is 5.41 Å². The van der Waals surface area contributed by atoms with Gasteiger partial charge in [0.2, 0.25) is 0 Å². The first-order valence-corrected chi connectivity index (χ1v) is 24.0. The molecule has 0 spiro atoms. The summed E-state index contributed by atoms with van der Waals surface area (Å²) in [6.07, 6.45) is 7.94. The van der Waals surface area contributed by atoms with Gasteiger partial charge >= 0.3 is 0 Å². The van der Waals surface area contributed by atoms with Gasteiger partial charge in [-0.15, -0.1) is 35.4 Å². The zero-order valence-electron chi connectivity index (χ0n) is 41.8. The van der Waals surface area contributed by atoms with E-state index in [1.165, 1.54) is 22.3 Å². The van der Waals surface area contributed by atoms with E-state index in [0.29, 0.717) is 11.5 Å². The largest absolute Gasteiger partial charge is 0.510 e. The average molecular weight is 1100 g/mol. The monoisotopic (exact) mass is 1100 g/mol. The minimum Gasteiger partial charge on any atom is -0.510 e. The number of pyridine rings is 1. The topological polar surface area (TPSA) is 35.9 Å². The van der Waals surface area contributed by atoms with E-state index in [2.05, 4.69) is 271 Å². The number of ether oxygens (including phenoxy) is 1. The van der Waals surface area contributed by atoms with Crippen LogP contribution in [0.3, 0.4) is 0 Å². The van der Waals surface area contributed by atoms with Crippen LogP contribution >= 0.6 is 0 Å². The average Bonchev–Trinajstić information content (AvgIpc) is 3.95. The molecule has 0 N–H and O–H groups in total. The molecule has 0 bridgehead atoms. The fourth-order valence-corrected chi connectivity index (χ4v) is 9.70. The van der Waals surface area contributed by atoms with Gasteiger partial charge in [0.15, 0.2) is 0 Å². The van der Waals surface area contributed by atoms with Crippen molar-refractivity contribution >= 4 is 21.8 Å². The summed E-state index contributed by atoms with van der Waals surface area (Å²) >= 11 is 0. The van der Waals surface area contributed by atoms with Crippen LogP contribution in [0.4, 0.5) is 0 Å². The Balaban J connectivity index is 0.00000608. The Hall–Kier alpha value is -6.81. The molecule has 0 atom stereocenters. The Morgan fingerprint density at radius 1 is 0.529 bits per heavy atom. The Morgan fingerprint density at radius 2 is 1.14 bits per heavy atom. The fraction of sp³-hybridized carbons (Fsp3) is 0.219. The number of fused-ring (bicyclic) bond motifs is 3. The van der Waals surface area contributed by atoms with Crippen LogP contribution in [0.2, 0.25) is 0 Å². The summed E-state index contributed by atoms with van der Waals surface area (Å²) in [5, 5.41) is 2.30. The molecule has 0 radical (unpaired) electrons. The van der Waals surface area contributed by atoms with Gasteiger partial charge in [-0.2, -0.15) is 6.07 Å². The Morgan fingerprint density at radius 3 is 1.81 bits per heavy atom. The van der Waals surface area contributed by atoms with Gasteiger partial charge in [-0.3, -0.25) is 4.57 Å². The fourth-order valence-electron chi connectivity index (χ4n) is 9.70. The molecular formula is C64H60N4OPt-2. The third kappa shape index (κ3) is 9.09. The number of hydrogen-bond acceptors (Lipinski definition) is 2. The van der Waals surface area contributed by atoms with Crippen LogP contribution in [0.5, 0.6) is 11.5 Å². The van der Waals surface area contributed by atoms with Crippen molar-refractivity contribution in [2.75, 3.05) is 0 Å². The van der Waals surface area contributed by atoms with Crippen molar-refractivity contribution in [3.05, 3.63) is 234 Å². The van der Waals surface area contributed by atoms with Crippen LogP contribution < -0.4 is 9.30 Å². The minimum absolute atomic E-state index is 0. The Labute approximate surface area is 428 Å². The predicted molar refractivity (Wildman–Crippen MR) is 282 cm³/mol. The Bertz CT molecular complexity index is 3480. The number of hydrogen-bond donors (Lipinski definition) is 0. The second-order valence-electron chi connectivity index (χ2n) is 21.5. The maximum Gasteiger partial charge on any atom is 0.267 e. The second kappa shape index (κ2) is 18.5. The summed E-state index contributed by atoms with van der Waals surface area (Å²) in [6.45, 7) is 22.7. The molecule has 10 aromatic rings. The third-order valence-corrected chi connectivity index (χ3v) is 13.9. The van der Waals surface area contributed by atoms with Crippen molar-refractivity contribution < 1.29 is 30.4 Å². The first kappa shape index (κ1) is 48.2. The van der Waals surface area contributed by atoms with E-state index in [0.717, 1.165) is 61.4 Å². The predicted octanol–water partition coefficient (Wildman–Crippen LogP) is 15.4. The van der Waals surface area contributed by atoms with Gasteiger partial charge < -0.3 is 13.9 Å². The summed E-state index contributed by atoms with van der Waals surface area (Å²) in [6, 6.07) is 67.7. The van der Waals surface area contributed by atoms with Gasteiger partial charge in [-0.1, -0.05) is 201 Å². The number of nitrogens with zero attached hydrogens (tertiary/aromatic N) is 4. The molecule has 3 aromatic heterocycles. The van der Waals surface area contributed by atoms with E-state index >= 15 is 0 Å². The zero-order chi connectivity index (χ0) is 48.3. The molecule has 354 valence electrons. The molecule has 0 unspecified atom stereocenters. The summed E-state index contributed by atoms with van der Waals surface area (Å²) < 4.78 is 13.6. The molecule has 10 rings (SSSR count). The van der Waals surface area contributed by atoms with Crippen LogP contribution in [0.25, 0.3) is 50.1 Å². The van der Waals surface area contributed by atoms with Gasteiger partial charge in [0.1, 0.15) is 5.82 Å². The van der Waals surface area contributed by atoms with Gasteiger partial charge in [0.05, 0.1) is 11.4 Å². The molecule has 0 fully saturated rings. The number of benzene rings is 7. The Kier molecular flexibility index (Phi) is 12.7. The van der Waals surface area contributed by atoms with Crippen molar-refractivity contribution in [1.82, 2.24) is 14.1 Å². The molecule has 3 heterocycles. The van der Waals surface area contributed by atoms with Gasteiger partial charge in [0.25, 0.3) is 6.33 Å². The summed E-state index contributed by atoms with van der Waals surface area (Å²) in [7, 11) is 0. The van der Waals surface area contributed by atoms with E-state index in [-0.39, 0.29) is 37.3 Å². The standard InChI is InChI=1S/C64H60N4O.Pt/c1-61(2,3)48-33-34-65-59(38-48)68-56-32-21-20-31-54(56)60-55(62(4,5)6)40-53(41-57(60)68)69-52-36-45(44-23-14-11-15-24-44)35-51(39-52)66-42-58(64(9,10)47-27-18-13-19-28-47)67(43-66)50-30-22-29-49(37-50)63(7,8)46-25-16-12-17-26-46;/h11-38,40,42H,1-10H3;/q-2;. The molecule has 0 aliphatic rings. The van der Waals surface area contributed by atoms with Crippen LogP contribution in [-0.2, 0) is 42.7 Å². The summed E-state index contributed by atoms with van der Waals surface area (Å²) in [4.78, 5) is 4.98. The van der Waals surface area contributed by atoms with Crippen molar-refractivity contribution in [2.24, 2.45) is 0 Å². The maximum atomic E-state index is 7.09. The van der Waals surface area contributed by atoms with Crippen LogP contribution in [0.15, 0.2) is 182 Å². The van der Waals surface area contributed by atoms with Crippen molar-refractivity contribution in [1.29, 1.82) is 0 Å². The first-order chi connectivity index (χ1) is 33.0. The normalized spacial score (nSPS) is 12.3. The van der Waals surface area contributed by atoms with E-state index in [1.807, 2.05) is 12.3 Å². The number of aromatic nitrogens is 4. The van der Waals surface area contributed by atoms with Gasteiger partial charge in [-0.25, -0.2) is 4.98 Å². The SMILES string of the molecule is CC(C)(C)c1ccnc(-n2c3[c-]c(Oc4[c-]c(-n5[c-][n+](-c6cccc(C(C)(C)c7ccccc7)c6)c(C(C)(C)c6ccccc6)c5)cc(-c5ccccc5)c4)cc(C(C)(C)C)c3c3ccccc32)c1.[Pt]. The third-order valence-electron chi connectivity index (χ3n) is 13.9. The quantitative estimate of drug-likeness (QED) is 0.101. The molecule has 0 aliphatic carbocycles.